The lowest BCUT2D eigenvalue weighted by Gasteiger charge is -2.26. The molecule has 0 aliphatic carbocycles. The second kappa shape index (κ2) is 5.85. The molecule has 3 heteroatoms. The second-order valence-electron chi connectivity index (χ2n) is 4.38. The van der Waals surface area contributed by atoms with Gasteiger partial charge in [-0.15, -0.1) is 0 Å². The summed E-state index contributed by atoms with van der Waals surface area (Å²) < 4.78 is 13.7. The number of rotatable bonds is 5. The highest BCUT2D eigenvalue weighted by Gasteiger charge is 2.12. The van der Waals surface area contributed by atoms with Crippen molar-refractivity contribution >= 4 is 5.69 Å². The SMILES string of the molecule is CCCN(Cc1cccc(N)c1F)C(C)C. The summed E-state index contributed by atoms with van der Waals surface area (Å²) in [7, 11) is 0. The molecule has 0 amide bonds. The Morgan fingerprint density at radius 2 is 2.06 bits per heavy atom. The van der Waals surface area contributed by atoms with Crippen molar-refractivity contribution in [2.24, 2.45) is 0 Å². The molecule has 0 unspecified atom stereocenters. The summed E-state index contributed by atoms with van der Waals surface area (Å²) in [6, 6.07) is 5.62. The van der Waals surface area contributed by atoms with E-state index in [4.69, 9.17) is 5.73 Å². The van der Waals surface area contributed by atoms with Crippen LogP contribution in [0, 0.1) is 5.82 Å². The van der Waals surface area contributed by atoms with Crippen LogP contribution in [0.5, 0.6) is 0 Å². The van der Waals surface area contributed by atoms with Gasteiger partial charge in [0.05, 0.1) is 5.69 Å². The van der Waals surface area contributed by atoms with Gasteiger partial charge in [0.2, 0.25) is 0 Å². The fraction of sp³-hybridized carbons (Fsp3) is 0.538. The van der Waals surface area contributed by atoms with Crippen LogP contribution in [0.2, 0.25) is 0 Å². The number of nitrogens with two attached hydrogens (primary N) is 1. The molecule has 1 aromatic rings. The molecule has 0 saturated heterocycles. The van der Waals surface area contributed by atoms with Gasteiger partial charge in [-0.1, -0.05) is 19.1 Å². The number of benzene rings is 1. The molecule has 0 radical (unpaired) electrons. The molecule has 0 aliphatic heterocycles. The Morgan fingerprint density at radius 3 is 2.62 bits per heavy atom. The van der Waals surface area contributed by atoms with Gasteiger partial charge in [-0.3, -0.25) is 4.90 Å². The maximum atomic E-state index is 13.7. The van der Waals surface area contributed by atoms with Crippen LogP contribution in [0.15, 0.2) is 18.2 Å². The summed E-state index contributed by atoms with van der Waals surface area (Å²) >= 11 is 0. The molecule has 0 spiro atoms. The van der Waals surface area contributed by atoms with E-state index in [-0.39, 0.29) is 11.5 Å². The van der Waals surface area contributed by atoms with E-state index in [2.05, 4.69) is 25.7 Å². The topological polar surface area (TPSA) is 29.3 Å². The van der Waals surface area contributed by atoms with Crippen LogP contribution in [0.1, 0.15) is 32.8 Å². The van der Waals surface area contributed by atoms with Crippen molar-refractivity contribution in [3.63, 3.8) is 0 Å². The summed E-state index contributed by atoms with van der Waals surface area (Å²) in [6.45, 7) is 7.99. The van der Waals surface area contributed by atoms with Crippen LogP contribution < -0.4 is 5.73 Å². The fourth-order valence-corrected chi connectivity index (χ4v) is 1.75. The molecule has 0 aliphatic rings. The smallest absolute Gasteiger partial charge is 0.150 e. The van der Waals surface area contributed by atoms with E-state index in [1.54, 1.807) is 18.2 Å². The van der Waals surface area contributed by atoms with Gasteiger partial charge < -0.3 is 5.73 Å². The van der Waals surface area contributed by atoms with E-state index < -0.39 is 0 Å². The normalized spacial score (nSPS) is 11.4. The van der Waals surface area contributed by atoms with Gasteiger partial charge in [0, 0.05) is 18.2 Å². The molecule has 0 heterocycles. The number of hydrogen-bond acceptors (Lipinski definition) is 2. The average molecular weight is 224 g/mol. The molecule has 0 atom stereocenters. The number of halogens is 1. The highest BCUT2D eigenvalue weighted by atomic mass is 19.1. The Balaban J connectivity index is 2.81. The van der Waals surface area contributed by atoms with Gasteiger partial charge in [0.25, 0.3) is 0 Å². The van der Waals surface area contributed by atoms with Crippen LogP contribution in [0.3, 0.4) is 0 Å². The third-order valence-corrected chi connectivity index (χ3v) is 2.72. The van der Waals surface area contributed by atoms with Gasteiger partial charge in [-0.2, -0.15) is 0 Å². The van der Waals surface area contributed by atoms with Gasteiger partial charge in [0.15, 0.2) is 5.82 Å². The Kier molecular flexibility index (Phi) is 4.74. The third-order valence-electron chi connectivity index (χ3n) is 2.72. The van der Waals surface area contributed by atoms with Crippen molar-refractivity contribution in [3.8, 4) is 0 Å². The second-order valence-corrected chi connectivity index (χ2v) is 4.38. The highest BCUT2D eigenvalue weighted by molar-refractivity contribution is 5.42. The summed E-state index contributed by atoms with van der Waals surface area (Å²) in [5.41, 5.74) is 6.47. The Morgan fingerprint density at radius 1 is 1.38 bits per heavy atom. The lowest BCUT2D eigenvalue weighted by Crippen LogP contribution is -2.31. The molecule has 0 fully saturated rings. The number of hydrogen-bond donors (Lipinski definition) is 1. The highest BCUT2D eigenvalue weighted by Crippen LogP contribution is 2.17. The third kappa shape index (κ3) is 3.20. The van der Waals surface area contributed by atoms with E-state index in [0.29, 0.717) is 18.2 Å². The van der Waals surface area contributed by atoms with Gasteiger partial charge in [-0.05, 0) is 32.9 Å². The summed E-state index contributed by atoms with van der Waals surface area (Å²) in [6.07, 6.45) is 1.07. The zero-order valence-electron chi connectivity index (χ0n) is 10.3. The molecule has 90 valence electrons. The van der Waals surface area contributed by atoms with Gasteiger partial charge >= 0.3 is 0 Å². The molecule has 0 aromatic heterocycles. The first kappa shape index (κ1) is 13.0. The van der Waals surface area contributed by atoms with Crippen LogP contribution in [0.25, 0.3) is 0 Å². The Bertz CT molecular complexity index is 337. The molecule has 16 heavy (non-hydrogen) atoms. The number of nitrogens with zero attached hydrogens (tertiary/aromatic N) is 1. The van der Waals surface area contributed by atoms with E-state index in [1.807, 2.05) is 0 Å². The van der Waals surface area contributed by atoms with Crippen LogP contribution in [-0.2, 0) is 6.54 Å². The maximum Gasteiger partial charge on any atom is 0.150 e. The summed E-state index contributed by atoms with van der Waals surface area (Å²) in [5, 5.41) is 0. The molecule has 0 saturated carbocycles. The summed E-state index contributed by atoms with van der Waals surface area (Å²) in [4.78, 5) is 2.25. The van der Waals surface area contributed by atoms with Crippen molar-refractivity contribution in [1.82, 2.24) is 4.90 Å². The average Bonchev–Trinajstić information content (AvgIpc) is 2.23. The predicted molar refractivity (Wildman–Crippen MR) is 66.6 cm³/mol. The van der Waals surface area contributed by atoms with Crippen molar-refractivity contribution in [2.75, 3.05) is 12.3 Å². The molecule has 2 N–H and O–H groups in total. The minimum Gasteiger partial charge on any atom is -0.396 e. The monoisotopic (exact) mass is 224 g/mol. The van der Waals surface area contributed by atoms with Crippen molar-refractivity contribution < 1.29 is 4.39 Å². The molecular formula is C13H21FN2. The van der Waals surface area contributed by atoms with E-state index in [1.165, 1.54) is 0 Å². The largest absolute Gasteiger partial charge is 0.396 e. The van der Waals surface area contributed by atoms with E-state index >= 15 is 0 Å². The number of nitrogen functional groups attached to an aromatic ring is 1. The first-order valence-electron chi connectivity index (χ1n) is 5.83. The molecule has 0 bridgehead atoms. The standard InChI is InChI=1S/C13H21FN2/c1-4-8-16(10(2)3)9-11-6-5-7-12(15)13(11)14/h5-7,10H,4,8-9,15H2,1-3H3. The molecular weight excluding hydrogens is 203 g/mol. The van der Waals surface area contributed by atoms with Gasteiger partial charge in [-0.25, -0.2) is 4.39 Å². The zero-order valence-corrected chi connectivity index (χ0v) is 10.3. The molecule has 2 nitrogen and oxygen atoms in total. The quantitative estimate of drug-likeness (QED) is 0.779. The Hall–Kier alpha value is -1.09. The molecule has 1 aromatic carbocycles. The predicted octanol–water partition coefficient (Wildman–Crippen LogP) is 3.03. The van der Waals surface area contributed by atoms with Crippen molar-refractivity contribution in [1.29, 1.82) is 0 Å². The van der Waals surface area contributed by atoms with Gasteiger partial charge in [0.1, 0.15) is 0 Å². The van der Waals surface area contributed by atoms with Crippen LogP contribution in [-0.4, -0.2) is 17.5 Å². The van der Waals surface area contributed by atoms with Crippen molar-refractivity contribution in [2.45, 2.75) is 39.8 Å². The maximum absolute atomic E-state index is 13.7. The first-order valence-corrected chi connectivity index (χ1v) is 5.83. The van der Waals surface area contributed by atoms with Crippen molar-refractivity contribution in [3.05, 3.63) is 29.6 Å². The molecule has 1 rings (SSSR count). The van der Waals surface area contributed by atoms with Crippen LogP contribution >= 0.6 is 0 Å². The number of anilines is 1. The minimum absolute atomic E-state index is 0.234. The minimum atomic E-state index is -0.274. The summed E-state index contributed by atoms with van der Waals surface area (Å²) in [5.74, 6) is -0.274. The lowest BCUT2D eigenvalue weighted by atomic mass is 10.1. The van der Waals surface area contributed by atoms with E-state index in [0.717, 1.165) is 13.0 Å². The lowest BCUT2D eigenvalue weighted by molar-refractivity contribution is 0.210. The Labute approximate surface area is 97.3 Å². The van der Waals surface area contributed by atoms with E-state index in [9.17, 15) is 4.39 Å². The van der Waals surface area contributed by atoms with Crippen LogP contribution in [0.4, 0.5) is 10.1 Å². The first-order chi connectivity index (χ1) is 7.56. The fourth-order valence-electron chi connectivity index (χ4n) is 1.75. The zero-order chi connectivity index (χ0) is 12.1.